The molecular formula is C19H16N2O2S. The van der Waals surface area contributed by atoms with Gasteiger partial charge in [0.15, 0.2) is 0 Å². The number of rotatable bonds is 5. The van der Waals surface area contributed by atoms with Crippen molar-refractivity contribution in [1.29, 1.82) is 0 Å². The first-order valence-corrected chi connectivity index (χ1v) is 8.28. The predicted octanol–water partition coefficient (Wildman–Crippen LogP) is 5.14. The first kappa shape index (κ1) is 15.8. The fraction of sp³-hybridized carbons (Fsp3) is 0. The van der Waals surface area contributed by atoms with Gasteiger partial charge in [0.05, 0.1) is 0 Å². The molecule has 24 heavy (non-hydrogen) atoms. The lowest BCUT2D eigenvalue weighted by atomic mass is 10.1. The Labute approximate surface area is 144 Å². The minimum atomic E-state index is -0.570. The Morgan fingerprint density at radius 3 is 2.46 bits per heavy atom. The number of benzene rings is 2. The summed E-state index contributed by atoms with van der Waals surface area (Å²) in [6, 6.07) is 21.4. The van der Waals surface area contributed by atoms with Gasteiger partial charge in [0.1, 0.15) is 0 Å². The van der Waals surface area contributed by atoms with Crippen LogP contribution in [0.4, 0.5) is 10.5 Å². The number of hydrogen-bond acceptors (Lipinski definition) is 4. The first-order chi connectivity index (χ1) is 11.8. The Balaban J connectivity index is 1.47. The van der Waals surface area contributed by atoms with Crippen LogP contribution in [0.3, 0.4) is 0 Å². The third kappa shape index (κ3) is 4.47. The van der Waals surface area contributed by atoms with Gasteiger partial charge in [-0.1, -0.05) is 48.5 Å². The molecule has 1 amide bonds. The van der Waals surface area contributed by atoms with Crippen molar-refractivity contribution in [2.24, 2.45) is 0 Å². The van der Waals surface area contributed by atoms with Crippen molar-refractivity contribution in [3.8, 4) is 10.4 Å². The first-order valence-electron chi connectivity index (χ1n) is 7.40. The molecule has 0 spiro atoms. The highest BCUT2D eigenvalue weighted by Gasteiger charge is 2.01. The van der Waals surface area contributed by atoms with Crippen LogP contribution in [0.15, 0.2) is 78.3 Å². The summed E-state index contributed by atoms with van der Waals surface area (Å²) < 4.78 is 0. The van der Waals surface area contributed by atoms with E-state index in [4.69, 9.17) is 4.84 Å². The van der Waals surface area contributed by atoms with Gasteiger partial charge >= 0.3 is 6.09 Å². The number of hydroxylamine groups is 1. The Bertz CT molecular complexity index is 797. The lowest BCUT2D eigenvalue weighted by Crippen LogP contribution is -2.20. The van der Waals surface area contributed by atoms with Crippen LogP contribution in [-0.2, 0) is 4.84 Å². The second-order valence-electron chi connectivity index (χ2n) is 4.93. The molecule has 0 aliphatic heterocycles. The van der Waals surface area contributed by atoms with Crippen LogP contribution < -0.4 is 10.8 Å². The second kappa shape index (κ2) is 7.99. The van der Waals surface area contributed by atoms with Crippen molar-refractivity contribution >= 4 is 29.2 Å². The number of anilines is 1. The minimum Gasteiger partial charge on any atom is -0.325 e. The number of hydrogen-bond donors (Lipinski definition) is 2. The van der Waals surface area contributed by atoms with Crippen molar-refractivity contribution < 1.29 is 9.63 Å². The molecule has 0 saturated heterocycles. The van der Waals surface area contributed by atoms with Crippen LogP contribution >= 0.6 is 11.3 Å². The smallest absolute Gasteiger partial charge is 0.325 e. The molecule has 3 aromatic rings. The zero-order chi connectivity index (χ0) is 16.6. The Hall–Kier alpha value is -3.05. The predicted molar refractivity (Wildman–Crippen MR) is 98.5 cm³/mol. The summed E-state index contributed by atoms with van der Waals surface area (Å²) in [5, 5.41) is 4.67. The van der Waals surface area contributed by atoms with E-state index < -0.39 is 6.09 Å². The summed E-state index contributed by atoms with van der Waals surface area (Å²) in [6.45, 7) is 0. The maximum absolute atomic E-state index is 11.6. The van der Waals surface area contributed by atoms with Crippen LogP contribution in [0, 0.1) is 0 Å². The van der Waals surface area contributed by atoms with Gasteiger partial charge in [0, 0.05) is 16.8 Å². The minimum absolute atomic E-state index is 0.570. The van der Waals surface area contributed by atoms with E-state index >= 15 is 0 Å². The Kier molecular flexibility index (Phi) is 5.27. The summed E-state index contributed by atoms with van der Waals surface area (Å²) in [4.78, 5) is 17.7. The number of carbonyl (C=O) groups is 1. The molecule has 0 aliphatic carbocycles. The van der Waals surface area contributed by atoms with Gasteiger partial charge < -0.3 is 4.84 Å². The molecular weight excluding hydrogens is 320 g/mol. The van der Waals surface area contributed by atoms with Crippen molar-refractivity contribution in [3.63, 3.8) is 0 Å². The Morgan fingerprint density at radius 2 is 1.75 bits per heavy atom. The maximum Gasteiger partial charge on any atom is 0.435 e. The van der Waals surface area contributed by atoms with Crippen molar-refractivity contribution in [2.75, 3.05) is 5.32 Å². The molecule has 0 fully saturated rings. The molecule has 0 unspecified atom stereocenters. The molecule has 0 atom stereocenters. The van der Waals surface area contributed by atoms with E-state index in [-0.39, 0.29) is 0 Å². The molecule has 120 valence electrons. The van der Waals surface area contributed by atoms with Gasteiger partial charge in [-0.2, -0.15) is 0 Å². The lowest BCUT2D eigenvalue weighted by molar-refractivity contribution is 0.126. The summed E-state index contributed by atoms with van der Waals surface area (Å²) in [5.41, 5.74) is 5.38. The summed E-state index contributed by atoms with van der Waals surface area (Å²) in [6.07, 6.45) is 2.83. The summed E-state index contributed by atoms with van der Waals surface area (Å²) in [5.74, 6) is 0. The fourth-order valence-electron chi connectivity index (χ4n) is 2.08. The van der Waals surface area contributed by atoms with E-state index in [1.165, 1.54) is 10.4 Å². The molecule has 5 heteroatoms. The molecule has 0 bridgehead atoms. The van der Waals surface area contributed by atoms with Gasteiger partial charge in [-0.3, -0.25) is 5.32 Å². The van der Waals surface area contributed by atoms with Gasteiger partial charge in [-0.25, -0.2) is 10.3 Å². The van der Waals surface area contributed by atoms with Crippen LogP contribution in [0.1, 0.15) is 5.56 Å². The summed E-state index contributed by atoms with van der Waals surface area (Å²) in [7, 11) is 0. The number of amides is 1. The number of nitrogens with one attached hydrogen (secondary N) is 2. The quantitative estimate of drug-likeness (QED) is 0.634. The molecule has 0 radical (unpaired) electrons. The van der Waals surface area contributed by atoms with E-state index in [1.807, 2.05) is 42.5 Å². The molecule has 1 heterocycles. The van der Waals surface area contributed by atoms with Gasteiger partial charge in [-0.05, 0) is 40.8 Å². The molecule has 0 saturated carbocycles. The van der Waals surface area contributed by atoms with Gasteiger partial charge in [0.2, 0.25) is 0 Å². The molecule has 3 rings (SSSR count). The van der Waals surface area contributed by atoms with Crippen molar-refractivity contribution in [2.45, 2.75) is 0 Å². The average molecular weight is 336 g/mol. The molecule has 2 aromatic carbocycles. The van der Waals surface area contributed by atoms with E-state index in [2.05, 4.69) is 34.4 Å². The van der Waals surface area contributed by atoms with Crippen LogP contribution in [0.5, 0.6) is 0 Å². The molecule has 4 nitrogen and oxygen atoms in total. The van der Waals surface area contributed by atoms with E-state index in [0.717, 1.165) is 5.56 Å². The van der Waals surface area contributed by atoms with Crippen molar-refractivity contribution in [1.82, 2.24) is 5.48 Å². The molecule has 1 aromatic heterocycles. The third-order valence-corrected chi connectivity index (χ3v) is 4.15. The van der Waals surface area contributed by atoms with E-state index in [9.17, 15) is 4.79 Å². The molecule has 2 N–H and O–H groups in total. The van der Waals surface area contributed by atoms with Crippen LogP contribution in [0.25, 0.3) is 16.5 Å². The standard InChI is InChI=1S/C19H16N2O2S/c22-19(21-17-5-2-1-3-6-17)23-20-13-12-15-8-10-16(11-9-15)18-7-4-14-24-18/h1-14,20H,(H,21,22). The largest absolute Gasteiger partial charge is 0.435 e. The van der Waals surface area contributed by atoms with Crippen molar-refractivity contribution in [3.05, 3.63) is 83.9 Å². The normalized spacial score (nSPS) is 10.5. The topological polar surface area (TPSA) is 50.4 Å². The highest BCUT2D eigenvalue weighted by Crippen LogP contribution is 2.24. The van der Waals surface area contributed by atoms with E-state index in [1.54, 1.807) is 29.7 Å². The maximum atomic E-state index is 11.6. The highest BCUT2D eigenvalue weighted by atomic mass is 32.1. The number of thiophene rings is 1. The molecule has 0 aliphatic rings. The van der Waals surface area contributed by atoms with E-state index in [0.29, 0.717) is 5.69 Å². The zero-order valence-corrected chi connectivity index (χ0v) is 13.6. The lowest BCUT2D eigenvalue weighted by Gasteiger charge is -2.05. The fourth-order valence-corrected chi connectivity index (χ4v) is 2.82. The number of carbonyl (C=O) groups excluding carboxylic acids is 1. The van der Waals surface area contributed by atoms with Crippen LogP contribution in [0.2, 0.25) is 0 Å². The van der Waals surface area contributed by atoms with Gasteiger partial charge in [0.25, 0.3) is 0 Å². The third-order valence-electron chi connectivity index (χ3n) is 3.23. The SMILES string of the molecule is O=C(Nc1ccccc1)ONC=Cc1ccc(-c2cccs2)cc1. The average Bonchev–Trinajstić information content (AvgIpc) is 3.15. The second-order valence-corrected chi connectivity index (χ2v) is 5.88. The zero-order valence-electron chi connectivity index (χ0n) is 12.8. The van der Waals surface area contributed by atoms with Gasteiger partial charge in [-0.15, -0.1) is 11.3 Å². The highest BCUT2D eigenvalue weighted by molar-refractivity contribution is 7.13. The number of para-hydroxylation sites is 1. The Morgan fingerprint density at radius 1 is 0.958 bits per heavy atom. The van der Waals surface area contributed by atoms with Crippen LogP contribution in [-0.4, -0.2) is 6.09 Å². The monoisotopic (exact) mass is 336 g/mol. The summed E-state index contributed by atoms with van der Waals surface area (Å²) >= 11 is 1.71.